The number of rotatable bonds is 8. The van der Waals surface area contributed by atoms with Crippen LogP contribution in [0.2, 0.25) is 0 Å². The van der Waals surface area contributed by atoms with Crippen molar-refractivity contribution in [1.29, 1.82) is 0 Å². The lowest BCUT2D eigenvalue weighted by atomic mass is 10.2. The van der Waals surface area contributed by atoms with Gasteiger partial charge in [0, 0.05) is 39.3 Å². The van der Waals surface area contributed by atoms with E-state index in [1.807, 2.05) is 7.05 Å². The first-order valence-corrected chi connectivity index (χ1v) is 8.18. The lowest BCUT2D eigenvalue weighted by Crippen LogP contribution is -2.49. The van der Waals surface area contributed by atoms with Crippen LogP contribution >= 0.6 is 24.8 Å². The molecule has 0 aromatic heterocycles. The van der Waals surface area contributed by atoms with Crippen LogP contribution in [0.5, 0.6) is 0 Å². The van der Waals surface area contributed by atoms with E-state index < -0.39 is 0 Å². The predicted octanol–water partition coefficient (Wildman–Crippen LogP) is 1.37. The molecule has 0 saturated carbocycles. The molecule has 0 unspecified atom stereocenters. The van der Waals surface area contributed by atoms with Crippen LogP contribution in [0.15, 0.2) is 30.3 Å². The van der Waals surface area contributed by atoms with Crippen molar-refractivity contribution in [2.75, 3.05) is 52.9 Å². The fraction of sp³-hybridized carbons (Fsp3) is 0.588. The highest BCUT2D eigenvalue weighted by Crippen LogP contribution is 2.08. The molecule has 1 aromatic rings. The Morgan fingerprint density at radius 3 is 2.25 bits per heavy atom. The molecule has 2 N–H and O–H groups in total. The van der Waals surface area contributed by atoms with Crippen molar-refractivity contribution >= 4 is 30.7 Å². The second-order valence-corrected chi connectivity index (χ2v) is 5.84. The Morgan fingerprint density at radius 2 is 1.62 bits per heavy atom. The summed E-state index contributed by atoms with van der Waals surface area (Å²) >= 11 is 0. The molecule has 1 aliphatic rings. The third-order valence-corrected chi connectivity index (χ3v) is 4.01. The van der Waals surface area contributed by atoms with Gasteiger partial charge in [0.15, 0.2) is 0 Å². The third kappa shape index (κ3) is 8.85. The number of halogens is 2. The fourth-order valence-electron chi connectivity index (χ4n) is 2.70. The van der Waals surface area contributed by atoms with Crippen LogP contribution in [0.25, 0.3) is 0 Å². The van der Waals surface area contributed by atoms with Crippen LogP contribution in [0, 0.1) is 0 Å². The van der Waals surface area contributed by atoms with Crippen LogP contribution < -0.4 is 10.6 Å². The summed E-state index contributed by atoms with van der Waals surface area (Å²) in [5, 5.41) is 6.06. The number of hydrogen-bond donors (Lipinski definition) is 2. The summed E-state index contributed by atoms with van der Waals surface area (Å²) in [7, 11) is 1.93. The summed E-state index contributed by atoms with van der Waals surface area (Å²) in [6.07, 6.45) is 0.979. The van der Waals surface area contributed by atoms with Crippen LogP contribution in [-0.4, -0.2) is 68.6 Å². The number of nitrogens with zero attached hydrogens (tertiary/aromatic N) is 2. The monoisotopic (exact) mass is 376 g/mol. The maximum Gasteiger partial charge on any atom is 0.234 e. The Balaban J connectivity index is 0.00000264. The molecule has 0 spiro atoms. The highest BCUT2D eigenvalue weighted by atomic mass is 35.5. The van der Waals surface area contributed by atoms with E-state index in [-0.39, 0.29) is 30.7 Å². The standard InChI is InChI=1S/C17H28N4O.2ClH/c1-18-8-5-9-19-17(22)15-21-12-10-20(11-13-21)14-16-6-3-2-4-7-16;;/h2-4,6-7,18H,5,8-15H2,1H3,(H,19,22);2*1H. The largest absolute Gasteiger partial charge is 0.355 e. The van der Waals surface area contributed by atoms with Gasteiger partial charge in [-0.25, -0.2) is 0 Å². The van der Waals surface area contributed by atoms with E-state index in [9.17, 15) is 4.79 Å². The number of piperazine rings is 1. The normalized spacial score (nSPS) is 15.2. The molecule has 0 bridgehead atoms. The Kier molecular flexibility index (Phi) is 13.0. The van der Waals surface area contributed by atoms with Gasteiger partial charge < -0.3 is 10.6 Å². The molecule has 1 heterocycles. The van der Waals surface area contributed by atoms with E-state index in [2.05, 4.69) is 50.8 Å². The molecular formula is C17H30Cl2N4O. The minimum atomic E-state index is 0. The first kappa shape index (κ1) is 23.1. The molecule has 1 saturated heterocycles. The highest BCUT2D eigenvalue weighted by Gasteiger charge is 2.18. The molecule has 0 atom stereocenters. The maximum absolute atomic E-state index is 11.9. The minimum absolute atomic E-state index is 0. The lowest BCUT2D eigenvalue weighted by Gasteiger charge is -2.34. The summed E-state index contributed by atoms with van der Waals surface area (Å²) in [4.78, 5) is 16.6. The third-order valence-electron chi connectivity index (χ3n) is 4.01. The van der Waals surface area contributed by atoms with E-state index in [1.54, 1.807) is 0 Å². The average molecular weight is 377 g/mol. The summed E-state index contributed by atoms with van der Waals surface area (Å²) in [5.41, 5.74) is 1.36. The second kappa shape index (κ2) is 13.4. The van der Waals surface area contributed by atoms with Gasteiger partial charge in [-0.3, -0.25) is 14.6 Å². The van der Waals surface area contributed by atoms with E-state index in [0.29, 0.717) is 6.54 Å². The predicted molar refractivity (Wildman–Crippen MR) is 104 cm³/mol. The zero-order chi connectivity index (χ0) is 15.6. The van der Waals surface area contributed by atoms with Crippen molar-refractivity contribution in [2.45, 2.75) is 13.0 Å². The van der Waals surface area contributed by atoms with Crippen molar-refractivity contribution in [1.82, 2.24) is 20.4 Å². The zero-order valence-electron chi connectivity index (χ0n) is 14.4. The van der Waals surface area contributed by atoms with Crippen molar-refractivity contribution in [2.24, 2.45) is 0 Å². The van der Waals surface area contributed by atoms with Crippen LogP contribution in [-0.2, 0) is 11.3 Å². The van der Waals surface area contributed by atoms with Gasteiger partial charge in [0.2, 0.25) is 5.91 Å². The van der Waals surface area contributed by atoms with Gasteiger partial charge in [-0.1, -0.05) is 30.3 Å². The van der Waals surface area contributed by atoms with Gasteiger partial charge in [-0.15, -0.1) is 24.8 Å². The maximum atomic E-state index is 11.9. The topological polar surface area (TPSA) is 47.6 Å². The Labute approximate surface area is 158 Å². The Morgan fingerprint density at radius 1 is 1.00 bits per heavy atom. The molecule has 2 rings (SSSR count). The van der Waals surface area contributed by atoms with Crippen LogP contribution in [0.3, 0.4) is 0 Å². The Hall–Kier alpha value is -0.850. The molecule has 138 valence electrons. The van der Waals surface area contributed by atoms with Gasteiger partial charge in [0.25, 0.3) is 0 Å². The first-order chi connectivity index (χ1) is 10.8. The van der Waals surface area contributed by atoms with Crippen LogP contribution in [0.1, 0.15) is 12.0 Å². The molecule has 1 aromatic carbocycles. The smallest absolute Gasteiger partial charge is 0.234 e. The molecular weight excluding hydrogens is 347 g/mol. The summed E-state index contributed by atoms with van der Waals surface area (Å²) in [6.45, 7) is 7.23. The van der Waals surface area contributed by atoms with Crippen molar-refractivity contribution in [3.05, 3.63) is 35.9 Å². The number of nitrogens with one attached hydrogen (secondary N) is 2. The summed E-state index contributed by atoms with van der Waals surface area (Å²) in [6, 6.07) is 10.6. The van der Waals surface area contributed by atoms with Crippen molar-refractivity contribution in [3.8, 4) is 0 Å². The number of benzene rings is 1. The minimum Gasteiger partial charge on any atom is -0.355 e. The Bertz CT molecular complexity index is 439. The summed E-state index contributed by atoms with van der Waals surface area (Å²) in [5.74, 6) is 0.146. The number of amides is 1. The number of carbonyl (C=O) groups excluding carboxylic acids is 1. The lowest BCUT2D eigenvalue weighted by molar-refractivity contribution is -0.122. The SMILES string of the molecule is CNCCCNC(=O)CN1CCN(Cc2ccccc2)CC1.Cl.Cl. The first-order valence-electron chi connectivity index (χ1n) is 8.18. The van der Waals surface area contributed by atoms with Gasteiger partial charge in [-0.05, 0) is 25.6 Å². The number of carbonyl (C=O) groups is 1. The molecule has 1 aliphatic heterocycles. The van der Waals surface area contributed by atoms with Crippen molar-refractivity contribution in [3.63, 3.8) is 0 Å². The molecule has 0 radical (unpaired) electrons. The van der Waals surface area contributed by atoms with Crippen LogP contribution in [0.4, 0.5) is 0 Å². The molecule has 1 fully saturated rings. The molecule has 1 amide bonds. The van der Waals surface area contributed by atoms with E-state index in [0.717, 1.165) is 52.2 Å². The van der Waals surface area contributed by atoms with Gasteiger partial charge in [0.1, 0.15) is 0 Å². The zero-order valence-corrected chi connectivity index (χ0v) is 16.0. The fourth-order valence-corrected chi connectivity index (χ4v) is 2.70. The molecule has 24 heavy (non-hydrogen) atoms. The van der Waals surface area contributed by atoms with E-state index in [1.165, 1.54) is 5.56 Å². The van der Waals surface area contributed by atoms with Gasteiger partial charge >= 0.3 is 0 Å². The molecule has 0 aliphatic carbocycles. The van der Waals surface area contributed by atoms with Gasteiger partial charge in [-0.2, -0.15) is 0 Å². The second-order valence-electron chi connectivity index (χ2n) is 5.84. The number of hydrogen-bond acceptors (Lipinski definition) is 4. The molecule has 7 heteroatoms. The molecule has 5 nitrogen and oxygen atoms in total. The van der Waals surface area contributed by atoms with E-state index >= 15 is 0 Å². The quantitative estimate of drug-likeness (QED) is 0.672. The van der Waals surface area contributed by atoms with Crippen molar-refractivity contribution < 1.29 is 4.79 Å². The highest BCUT2D eigenvalue weighted by molar-refractivity contribution is 5.85. The van der Waals surface area contributed by atoms with Gasteiger partial charge in [0.05, 0.1) is 6.54 Å². The average Bonchev–Trinajstić information content (AvgIpc) is 2.54. The van der Waals surface area contributed by atoms with E-state index in [4.69, 9.17) is 0 Å². The summed E-state index contributed by atoms with van der Waals surface area (Å²) < 4.78 is 0.